The summed E-state index contributed by atoms with van der Waals surface area (Å²) < 4.78 is 17.3. The number of rotatable bonds is 7. The highest BCUT2D eigenvalue weighted by atomic mass is 35.5. The molecule has 2 N–H and O–H groups in total. The highest BCUT2D eigenvalue weighted by molar-refractivity contribution is 6.30. The van der Waals surface area contributed by atoms with Crippen molar-refractivity contribution in [3.05, 3.63) is 47.4 Å². The van der Waals surface area contributed by atoms with Crippen LogP contribution in [0.15, 0.2) is 36.7 Å². The molecule has 3 aromatic rings. The third-order valence-electron chi connectivity index (χ3n) is 4.89. The number of hydrogen-bond donors (Lipinski definition) is 2. The van der Waals surface area contributed by atoms with Gasteiger partial charge in [0.15, 0.2) is 17.8 Å². The van der Waals surface area contributed by atoms with E-state index in [9.17, 15) is 9.59 Å². The van der Waals surface area contributed by atoms with E-state index < -0.39 is 18.5 Å². The maximum Gasteiger partial charge on any atom is 0.413 e. The van der Waals surface area contributed by atoms with Crippen LogP contribution in [0.3, 0.4) is 0 Å². The number of nitrogens with one attached hydrogen (secondary N) is 2. The van der Waals surface area contributed by atoms with Gasteiger partial charge in [0.1, 0.15) is 11.3 Å². The van der Waals surface area contributed by atoms with Crippen LogP contribution in [0.25, 0.3) is 11.4 Å². The summed E-state index contributed by atoms with van der Waals surface area (Å²) in [6, 6.07) is 6.75. The topological polar surface area (TPSA) is 142 Å². The van der Waals surface area contributed by atoms with E-state index in [1.807, 2.05) is 0 Å². The van der Waals surface area contributed by atoms with Crippen LogP contribution >= 0.6 is 11.6 Å². The van der Waals surface area contributed by atoms with Crippen LogP contribution in [0.5, 0.6) is 0 Å². The van der Waals surface area contributed by atoms with Crippen LogP contribution < -0.4 is 10.6 Å². The molecule has 0 aliphatic carbocycles. The van der Waals surface area contributed by atoms with Crippen LogP contribution in [0.2, 0.25) is 5.15 Å². The fraction of sp³-hybridized carbons (Fsp3) is 0.333. The van der Waals surface area contributed by atoms with Crippen LogP contribution in [0.4, 0.5) is 16.3 Å². The third kappa shape index (κ3) is 5.65. The van der Waals surface area contributed by atoms with Crippen molar-refractivity contribution in [3.8, 4) is 11.4 Å². The smallest absolute Gasteiger partial charge is 0.413 e. The predicted molar refractivity (Wildman–Crippen MR) is 121 cm³/mol. The summed E-state index contributed by atoms with van der Waals surface area (Å²) in [5.41, 5.74) is 1.84. The van der Waals surface area contributed by atoms with Gasteiger partial charge in [0.2, 0.25) is 5.91 Å². The van der Waals surface area contributed by atoms with E-state index in [0.717, 1.165) is 0 Å². The van der Waals surface area contributed by atoms with Gasteiger partial charge in [0.05, 0.1) is 37.2 Å². The summed E-state index contributed by atoms with van der Waals surface area (Å²) in [7, 11) is 1.62. The lowest BCUT2D eigenvalue weighted by molar-refractivity contribution is -0.124. The van der Waals surface area contributed by atoms with Gasteiger partial charge >= 0.3 is 6.09 Å². The number of amides is 2. The number of halogens is 1. The van der Waals surface area contributed by atoms with Crippen LogP contribution in [-0.4, -0.2) is 56.5 Å². The first-order valence-electron chi connectivity index (χ1n) is 10.4. The number of hydrogen-bond acceptors (Lipinski definition) is 9. The van der Waals surface area contributed by atoms with E-state index in [0.29, 0.717) is 35.9 Å². The molecular formula is C21H22ClN7O5. The molecule has 1 saturated heterocycles. The lowest BCUT2D eigenvalue weighted by Crippen LogP contribution is -2.20. The molecule has 0 bridgehead atoms. The van der Waals surface area contributed by atoms with Crippen molar-refractivity contribution in [2.24, 2.45) is 7.05 Å². The summed E-state index contributed by atoms with van der Waals surface area (Å²) in [5.74, 6) is 0.0307. The monoisotopic (exact) mass is 487 g/mol. The van der Waals surface area contributed by atoms with Crippen molar-refractivity contribution in [2.75, 3.05) is 23.8 Å². The number of aromatic nitrogens is 5. The molecule has 178 valence electrons. The van der Waals surface area contributed by atoms with Crippen LogP contribution in [-0.2, 0) is 26.1 Å². The van der Waals surface area contributed by atoms with Gasteiger partial charge in [-0.1, -0.05) is 22.9 Å². The summed E-state index contributed by atoms with van der Waals surface area (Å²) in [4.78, 5) is 32.9. The Kier molecular flexibility index (Phi) is 7.30. The maximum atomic E-state index is 12.5. The minimum absolute atomic E-state index is 0.0881. The average Bonchev–Trinajstić information content (AvgIpc) is 3.44. The molecule has 3 aromatic heterocycles. The zero-order valence-electron chi connectivity index (χ0n) is 18.4. The van der Waals surface area contributed by atoms with E-state index in [-0.39, 0.29) is 23.3 Å². The number of aryl methyl sites for hydroxylation is 1. The minimum Gasteiger partial charge on any atom is -0.441 e. The van der Waals surface area contributed by atoms with E-state index in [1.54, 1.807) is 44.4 Å². The quantitative estimate of drug-likeness (QED) is 0.481. The van der Waals surface area contributed by atoms with Gasteiger partial charge in [0, 0.05) is 18.8 Å². The van der Waals surface area contributed by atoms with Gasteiger partial charge in [0.25, 0.3) is 0 Å². The Bertz CT molecular complexity index is 1160. The zero-order chi connectivity index (χ0) is 24.1. The standard InChI is InChI=1S/C21H22ClN7O5/c1-12(14-4-3-7-23-19(14)22)34-21(31)26-20-18(27-28-29(20)2)15-6-5-13(11-24-15)25-16(30)10-17-32-8-9-33-17/h3-7,11-12,17H,8-10H2,1-2H3,(H,25,30)(H,26,31)/t12-/m1/s1. The van der Waals surface area contributed by atoms with Crippen molar-refractivity contribution in [1.82, 2.24) is 25.0 Å². The Morgan fingerprint density at radius 1 is 1.24 bits per heavy atom. The highest BCUT2D eigenvalue weighted by Crippen LogP contribution is 2.27. The Hall–Kier alpha value is -3.61. The number of nitrogens with zero attached hydrogens (tertiary/aromatic N) is 5. The molecule has 0 unspecified atom stereocenters. The van der Waals surface area contributed by atoms with Gasteiger partial charge < -0.3 is 19.5 Å². The Morgan fingerprint density at radius 2 is 2.03 bits per heavy atom. The molecule has 1 aliphatic heterocycles. The predicted octanol–water partition coefficient (Wildman–Crippen LogP) is 2.94. The molecule has 1 atom stereocenters. The van der Waals surface area contributed by atoms with E-state index in [1.165, 1.54) is 10.9 Å². The van der Waals surface area contributed by atoms with E-state index in [4.69, 9.17) is 25.8 Å². The fourth-order valence-electron chi connectivity index (χ4n) is 3.22. The molecule has 1 fully saturated rings. The molecule has 4 heterocycles. The number of carbonyl (C=O) groups excluding carboxylic acids is 2. The molecule has 4 rings (SSSR count). The lowest BCUT2D eigenvalue weighted by Gasteiger charge is -2.15. The van der Waals surface area contributed by atoms with Crippen LogP contribution in [0, 0.1) is 0 Å². The Labute approximate surface area is 199 Å². The van der Waals surface area contributed by atoms with Gasteiger partial charge in [-0.2, -0.15) is 0 Å². The molecule has 12 nitrogen and oxygen atoms in total. The van der Waals surface area contributed by atoms with Crippen molar-refractivity contribution in [2.45, 2.75) is 25.7 Å². The number of carbonyl (C=O) groups is 2. The molecule has 0 radical (unpaired) electrons. The number of ether oxygens (including phenoxy) is 3. The van der Waals surface area contributed by atoms with Gasteiger partial charge in [-0.05, 0) is 25.1 Å². The second kappa shape index (κ2) is 10.5. The van der Waals surface area contributed by atoms with Crippen molar-refractivity contribution >= 4 is 35.1 Å². The summed E-state index contributed by atoms with van der Waals surface area (Å²) in [6.45, 7) is 2.64. The molecule has 1 aliphatic rings. The number of anilines is 2. The first kappa shape index (κ1) is 23.5. The lowest BCUT2D eigenvalue weighted by atomic mass is 10.2. The van der Waals surface area contributed by atoms with Gasteiger partial charge in [-0.25, -0.2) is 14.5 Å². The highest BCUT2D eigenvalue weighted by Gasteiger charge is 2.22. The SMILES string of the molecule is C[C@@H](OC(=O)Nc1c(-c2ccc(NC(=O)CC3OCCO3)cn2)nnn1C)c1cccnc1Cl. The first-order chi connectivity index (χ1) is 16.4. The van der Waals surface area contributed by atoms with E-state index >= 15 is 0 Å². The van der Waals surface area contributed by atoms with Crippen molar-refractivity contribution < 1.29 is 23.8 Å². The fourth-order valence-corrected chi connectivity index (χ4v) is 3.49. The van der Waals surface area contributed by atoms with Crippen molar-refractivity contribution in [3.63, 3.8) is 0 Å². The molecule has 2 amide bonds. The minimum atomic E-state index is -0.723. The first-order valence-corrected chi connectivity index (χ1v) is 10.8. The summed E-state index contributed by atoms with van der Waals surface area (Å²) >= 11 is 6.07. The maximum absolute atomic E-state index is 12.5. The summed E-state index contributed by atoms with van der Waals surface area (Å²) in [5, 5.41) is 13.7. The summed E-state index contributed by atoms with van der Waals surface area (Å²) in [6.07, 6.45) is 1.23. The molecule has 0 aromatic carbocycles. The Balaban J connectivity index is 1.40. The normalized spacial score (nSPS) is 14.6. The second-order valence-corrected chi connectivity index (χ2v) is 7.68. The molecule has 13 heteroatoms. The molecule has 0 saturated carbocycles. The molecule has 34 heavy (non-hydrogen) atoms. The van der Waals surface area contributed by atoms with Crippen LogP contribution in [0.1, 0.15) is 25.0 Å². The average molecular weight is 488 g/mol. The second-order valence-electron chi connectivity index (χ2n) is 7.32. The number of pyridine rings is 2. The Morgan fingerprint density at radius 3 is 2.74 bits per heavy atom. The van der Waals surface area contributed by atoms with Gasteiger partial charge in [-0.15, -0.1) is 5.10 Å². The molecular weight excluding hydrogens is 466 g/mol. The van der Waals surface area contributed by atoms with E-state index in [2.05, 4.69) is 30.9 Å². The third-order valence-corrected chi connectivity index (χ3v) is 5.21. The zero-order valence-corrected chi connectivity index (χ0v) is 19.2. The van der Waals surface area contributed by atoms with Gasteiger partial charge in [-0.3, -0.25) is 15.1 Å². The molecule has 0 spiro atoms. The largest absolute Gasteiger partial charge is 0.441 e. The van der Waals surface area contributed by atoms with Crippen molar-refractivity contribution in [1.29, 1.82) is 0 Å².